The van der Waals surface area contributed by atoms with Crippen molar-refractivity contribution >= 4 is 5.57 Å². The molecule has 1 aromatic carbocycles. The summed E-state index contributed by atoms with van der Waals surface area (Å²) < 4.78 is 29.4. The third-order valence-electron chi connectivity index (χ3n) is 8.62. The monoisotopic (exact) mass is 484 g/mol. The lowest BCUT2D eigenvalue weighted by atomic mass is 9.72. The SMILES string of the molecule is CCCCCCCCCC[C@H]1CC[C@H](C2C=CC(c3ccc(CCCCC)c(F)c3F)=CC2)CC1. The van der Waals surface area contributed by atoms with Crippen molar-refractivity contribution in [3.63, 3.8) is 0 Å². The molecule has 1 unspecified atom stereocenters. The van der Waals surface area contributed by atoms with Crippen LogP contribution in [0.25, 0.3) is 5.57 Å². The van der Waals surface area contributed by atoms with Crippen LogP contribution in [0.15, 0.2) is 30.4 Å². The van der Waals surface area contributed by atoms with Gasteiger partial charge in [-0.3, -0.25) is 0 Å². The molecule has 2 aliphatic rings. The second kappa shape index (κ2) is 15.6. The number of halogens is 2. The van der Waals surface area contributed by atoms with Gasteiger partial charge in [-0.1, -0.05) is 128 Å². The lowest BCUT2D eigenvalue weighted by Crippen LogP contribution is -2.21. The minimum absolute atomic E-state index is 0.422. The van der Waals surface area contributed by atoms with E-state index in [0.29, 0.717) is 23.5 Å². The zero-order valence-corrected chi connectivity index (χ0v) is 22.6. The molecule has 0 radical (unpaired) electrons. The third-order valence-corrected chi connectivity index (χ3v) is 8.62. The van der Waals surface area contributed by atoms with Gasteiger partial charge in [0.2, 0.25) is 0 Å². The third kappa shape index (κ3) is 8.87. The quantitative estimate of drug-likeness (QED) is 0.217. The van der Waals surface area contributed by atoms with Gasteiger partial charge in [-0.25, -0.2) is 8.78 Å². The summed E-state index contributed by atoms with van der Waals surface area (Å²) in [6.45, 7) is 4.41. The minimum atomic E-state index is -0.671. The molecule has 1 fully saturated rings. The van der Waals surface area contributed by atoms with E-state index in [4.69, 9.17) is 0 Å². The Hall–Kier alpha value is -1.44. The minimum Gasteiger partial charge on any atom is -0.203 e. The van der Waals surface area contributed by atoms with Gasteiger partial charge in [0.25, 0.3) is 0 Å². The predicted octanol–water partition coefficient (Wildman–Crippen LogP) is 11.0. The van der Waals surface area contributed by atoms with Gasteiger partial charge in [0, 0.05) is 5.56 Å². The van der Waals surface area contributed by atoms with Crippen LogP contribution in [0.4, 0.5) is 8.78 Å². The average Bonchev–Trinajstić information content (AvgIpc) is 2.89. The van der Waals surface area contributed by atoms with E-state index in [0.717, 1.165) is 43.1 Å². The van der Waals surface area contributed by atoms with Crippen molar-refractivity contribution in [3.8, 4) is 0 Å². The topological polar surface area (TPSA) is 0 Å². The van der Waals surface area contributed by atoms with Crippen molar-refractivity contribution in [2.24, 2.45) is 17.8 Å². The van der Waals surface area contributed by atoms with Gasteiger partial charge in [0.15, 0.2) is 11.6 Å². The average molecular weight is 485 g/mol. The standard InChI is InChI=1S/C33H50F2/c1-3-5-7-8-9-10-11-13-14-26-16-18-27(19-17-26)28-20-22-29(23-21-28)31-25-24-30(15-12-6-4-2)32(34)33(31)35/h20,22-28H,3-19,21H2,1-2H3/t26-,27-,28?. The highest BCUT2D eigenvalue weighted by atomic mass is 19.2. The Bertz CT molecular complexity index is 798. The van der Waals surface area contributed by atoms with Crippen LogP contribution >= 0.6 is 0 Å². The molecule has 0 spiro atoms. The van der Waals surface area contributed by atoms with Gasteiger partial charge >= 0.3 is 0 Å². The summed E-state index contributed by atoms with van der Waals surface area (Å²) in [6.07, 6.45) is 29.2. The Morgan fingerprint density at radius 3 is 2.06 bits per heavy atom. The number of allylic oxidation sites excluding steroid dienone is 4. The Labute approximate surface area is 214 Å². The maximum Gasteiger partial charge on any atom is 0.166 e. The summed E-state index contributed by atoms with van der Waals surface area (Å²) in [6, 6.07) is 3.57. The highest BCUT2D eigenvalue weighted by Gasteiger charge is 2.27. The number of benzene rings is 1. The summed E-state index contributed by atoms with van der Waals surface area (Å²) in [5.74, 6) is 0.919. The molecular formula is C33H50F2. The molecule has 0 N–H and O–H groups in total. The number of hydrogen-bond donors (Lipinski definition) is 0. The molecule has 0 bridgehead atoms. The molecule has 0 aromatic heterocycles. The van der Waals surface area contributed by atoms with Crippen LogP contribution in [0.5, 0.6) is 0 Å². The van der Waals surface area contributed by atoms with E-state index in [9.17, 15) is 8.78 Å². The lowest BCUT2D eigenvalue weighted by molar-refractivity contribution is 0.218. The van der Waals surface area contributed by atoms with Crippen molar-refractivity contribution in [2.45, 2.75) is 129 Å². The molecule has 196 valence electrons. The highest BCUT2D eigenvalue weighted by Crippen LogP contribution is 2.40. The number of hydrogen-bond acceptors (Lipinski definition) is 0. The van der Waals surface area contributed by atoms with Crippen molar-refractivity contribution in [1.29, 1.82) is 0 Å². The Morgan fingerprint density at radius 2 is 1.40 bits per heavy atom. The van der Waals surface area contributed by atoms with Gasteiger partial charge in [0.05, 0.1) is 0 Å². The van der Waals surface area contributed by atoms with Crippen LogP contribution in [0.2, 0.25) is 0 Å². The molecule has 2 aliphatic carbocycles. The number of aryl methyl sites for hydroxylation is 1. The van der Waals surface area contributed by atoms with Crippen molar-refractivity contribution in [2.75, 3.05) is 0 Å². The maximum absolute atomic E-state index is 14.8. The van der Waals surface area contributed by atoms with Crippen LogP contribution in [0.3, 0.4) is 0 Å². The van der Waals surface area contributed by atoms with E-state index in [1.54, 1.807) is 12.1 Å². The molecule has 0 aliphatic heterocycles. The van der Waals surface area contributed by atoms with Gasteiger partial charge in [-0.2, -0.15) is 0 Å². The Morgan fingerprint density at radius 1 is 0.743 bits per heavy atom. The second-order valence-corrected chi connectivity index (χ2v) is 11.3. The second-order valence-electron chi connectivity index (χ2n) is 11.3. The van der Waals surface area contributed by atoms with Crippen molar-refractivity contribution < 1.29 is 8.78 Å². The number of unbranched alkanes of at least 4 members (excludes halogenated alkanes) is 9. The molecule has 0 heterocycles. The van der Waals surface area contributed by atoms with Crippen LogP contribution in [-0.4, -0.2) is 0 Å². The summed E-state index contributed by atoms with van der Waals surface area (Å²) in [4.78, 5) is 0. The van der Waals surface area contributed by atoms with E-state index >= 15 is 0 Å². The molecular weight excluding hydrogens is 434 g/mol. The molecule has 2 heteroatoms. The first-order valence-electron chi connectivity index (χ1n) is 15.0. The molecule has 0 amide bonds. The molecule has 0 nitrogen and oxygen atoms in total. The van der Waals surface area contributed by atoms with Crippen LogP contribution in [0, 0.1) is 29.4 Å². The first-order chi connectivity index (χ1) is 17.1. The Kier molecular flexibility index (Phi) is 12.6. The van der Waals surface area contributed by atoms with E-state index in [1.165, 1.54) is 83.5 Å². The van der Waals surface area contributed by atoms with E-state index in [-0.39, 0.29) is 0 Å². The summed E-state index contributed by atoms with van der Waals surface area (Å²) >= 11 is 0. The largest absolute Gasteiger partial charge is 0.203 e. The fourth-order valence-corrected chi connectivity index (χ4v) is 6.23. The molecule has 1 saturated carbocycles. The smallest absolute Gasteiger partial charge is 0.166 e. The van der Waals surface area contributed by atoms with Gasteiger partial charge in [0.1, 0.15) is 0 Å². The first-order valence-corrected chi connectivity index (χ1v) is 15.0. The highest BCUT2D eigenvalue weighted by molar-refractivity contribution is 5.75. The molecule has 1 aromatic rings. The van der Waals surface area contributed by atoms with Crippen molar-refractivity contribution in [3.05, 3.63) is 53.1 Å². The lowest BCUT2D eigenvalue weighted by Gasteiger charge is -2.33. The number of rotatable bonds is 15. The van der Waals surface area contributed by atoms with E-state index < -0.39 is 11.6 Å². The van der Waals surface area contributed by atoms with E-state index in [1.807, 2.05) is 0 Å². The zero-order chi connectivity index (χ0) is 24.9. The molecule has 1 atom stereocenters. The fraction of sp³-hybridized carbons (Fsp3) is 0.697. The molecule has 0 saturated heterocycles. The van der Waals surface area contributed by atoms with Crippen LogP contribution in [-0.2, 0) is 6.42 Å². The van der Waals surface area contributed by atoms with Crippen molar-refractivity contribution in [1.82, 2.24) is 0 Å². The summed E-state index contributed by atoms with van der Waals surface area (Å²) in [7, 11) is 0. The van der Waals surface area contributed by atoms with Gasteiger partial charge < -0.3 is 0 Å². The summed E-state index contributed by atoms with van der Waals surface area (Å²) in [5.41, 5.74) is 1.79. The maximum atomic E-state index is 14.8. The Balaban J connectivity index is 1.38. The normalized spacial score (nSPS) is 22.4. The first kappa shape index (κ1) is 28.1. The molecule has 3 rings (SSSR count). The molecule has 35 heavy (non-hydrogen) atoms. The van der Waals surface area contributed by atoms with Crippen LogP contribution < -0.4 is 0 Å². The van der Waals surface area contributed by atoms with Gasteiger partial charge in [-0.15, -0.1) is 0 Å². The summed E-state index contributed by atoms with van der Waals surface area (Å²) in [5, 5.41) is 0. The fourth-order valence-electron chi connectivity index (χ4n) is 6.23. The predicted molar refractivity (Wildman–Crippen MR) is 147 cm³/mol. The van der Waals surface area contributed by atoms with Gasteiger partial charge in [-0.05, 0) is 61.0 Å². The van der Waals surface area contributed by atoms with Crippen LogP contribution in [0.1, 0.15) is 134 Å². The van der Waals surface area contributed by atoms with E-state index in [2.05, 4.69) is 32.1 Å². The zero-order valence-electron chi connectivity index (χ0n) is 22.6.